The third kappa shape index (κ3) is 4.31. The highest BCUT2D eigenvalue weighted by Gasteiger charge is 2.36. The molecule has 0 aliphatic carbocycles. The standard InChI is InChI=1S/C17H22F3N5/c1-23(16-15(17(18,19)20)6-2-7-21-16)14-5-3-9-24(13-14)11-12-25-10-4-8-22-25/h2,4,6-8,10,14H,3,5,9,11-13H2,1H3. The quantitative estimate of drug-likeness (QED) is 0.828. The Labute approximate surface area is 145 Å². The lowest BCUT2D eigenvalue weighted by atomic mass is 10.0. The van der Waals surface area contributed by atoms with E-state index in [1.165, 1.54) is 12.3 Å². The molecule has 1 aliphatic rings. The van der Waals surface area contributed by atoms with Gasteiger partial charge in [0.1, 0.15) is 5.82 Å². The van der Waals surface area contributed by atoms with Crippen LogP contribution in [0.3, 0.4) is 0 Å². The van der Waals surface area contributed by atoms with E-state index in [0.29, 0.717) is 0 Å². The van der Waals surface area contributed by atoms with Gasteiger partial charge in [0, 0.05) is 44.8 Å². The molecule has 25 heavy (non-hydrogen) atoms. The van der Waals surface area contributed by atoms with E-state index >= 15 is 0 Å². The molecular weight excluding hydrogens is 331 g/mol. The summed E-state index contributed by atoms with van der Waals surface area (Å²) in [7, 11) is 1.71. The van der Waals surface area contributed by atoms with Crippen molar-refractivity contribution in [3.05, 3.63) is 42.4 Å². The Hall–Kier alpha value is -2.09. The van der Waals surface area contributed by atoms with Gasteiger partial charge in [-0.25, -0.2) is 4.98 Å². The molecule has 3 rings (SSSR count). The number of alkyl halides is 3. The second-order valence-electron chi connectivity index (χ2n) is 6.35. The Morgan fingerprint density at radius 2 is 2.08 bits per heavy atom. The number of anilines is 1. The van der Waals surface area contributed by atoms with Gasteiger partial charge < -0.3 is 4.90 Å². The molecule has 2 aromatic rings. The van der Waals surface area contributed by atoms with Crippen LogP contribution in [-0.2, 0) is 12.7 Å². The summed E-state index contributed by atoms with van der Waals surface area (Å²) in [6.45, 7) is 3.30. The SMILES string of the molecule is CN(c1ncccc1C(F)(F)F)C1CCCN(CCn2cccn2)C1. The number of halogens is 3. The Morgan fingerprint density at radius 3 is 2.80 bits per heavy atom. The molecule has 0 N–H and O–H groups in total. The number of hydrogen-bond donors (Lipinski definition) is 0. The van der Waals surface area contributed by atoms with Gasteiger partial charge >= 0.3 is 6.18 Å². The Morgan fingerprint density at radius 1 is 1.24 bits per heavy atom. The predicted molar refractivity (Wildman–Crippen MR) is 89.3 cm³/mol. The molecule has 0 saturated carbocycles. The molecule has 1 saturated heterocycles. The molecule has 8 heteroatoms. The van der Waals surface area contributed by atoms with Gasteiger partial charge in [-0.3, -0.25) is 9.58 Å². The number of aromatic nitrogens is 3. The predicted octanol–water partition coefficient (Wildman–Crippen LogP) is 2.90. The van der Waals surface area contributed by atoms with Crippen LogP contribution in [0.2, 0.25) is 0 Å². The fraction of sp³-hybridized carbons (Fsp3) is 0.529. The van der Waals surface area contributed by atoms with Crippen molar-refractivity contribution in [2.45, 2.75) is 31.6 Å². The van der Waals surface area contributed by atoms with Crippen molar-refractivity contribution >= 4 is 5.82 Å². The third-order valence-electron chi connectivity index (χ3n) is 4.66. The maximum absolute atomic E-state index is 13.2. The third-order valence-corrected chi connectivity index (χ3v) is 4.66. The van der Waals surface area contributed by atoms with Gasteiger partial charge in [0.2, 0.25) is 0 Å². The van der Waals surface area contributed by atoms with E-state index in [4.69, 9.17) is 0 Å². The van der Waals surface area contributed by atoms with Crippen LogP contribution in [0, 0.1) is 0 Å². The number of nitrogens with zero attached hydrogens (tertiary/aromatic N) is 5. The van der Waals surface area contributed by atoms with Crippen LogP contribution in [0.15, 0.2) is 36.8 Å². The molecule has 0 spiro atoms. The van der Waals surface area contributed by atoms with Gasteiger partial charge in [0.15, 0.2) is 0 Å². The molecule has 1 atom stereocenters. The van der Waals surface area contributed by atoms with Crippen molar-refractivity contribution in [1.82, 2.24) is 19.7 Å². The van der Waals surface area contributed by atoms with Crippen molar-refractivity contribution in [1.29, 1.82) is 0 Å². The van der Waals surface area contributed by atoms with Gasteiger partial charge in [-0.1, -0.05) is 0 Å². The van der Waals surface area contributed by atoms with Crippen molar-refractivity contribution in [3.8, 4) is 0 Å². The molecule has 1 fully saturated rings. The zero-order chi connectivity index (χ0) is 17.9. The monoisotopic (exact) mass is 353 g/mol. The largest absolute Gasteiger partial charge is 0.419 e. The first kappa shape index (κ1) is 17.7. The number of rotatable bonds is 5. The van der Waals surface area contributed by atoms with E-state index in [1.54, 1.807) is 18.1 Å². The summed E-state index contributed by atoms with van der Waals surface area (Å²) in [6.07, 6.45) is 2.50. The molecule has 0 aromatic carbocycles. The maximum atomic E-state index is 13.2. The molecule has 2 aromatic heterocycles. The van der Waals surface area contributed by atoms with Crippen LogP contribution in [-0.4, -0.2) is 52.4 Å². The minimum Gasteiger partial charge on any atom is -0.355 e. The molecule has 1 aliphatic heterocycles. The van der Waals surface area contributed by atoms with Crippen molar-refractivity contribution in [2.24, 2.45) is 0 Å². The van der Waals surface area contributed by atoms with Gasteiger partial charge in [-0.15, -0.1) is 0 Å². The highest BCUT2D eigenvalue weighted by atomic mass is 19.4. The summed E-state index contributed by atoms with van der Waals surface area (Å²) >= 11 is 0. The number of likely N-dealkylation sites (N-methyl/N-ethyl adjacent to an activating group) is 1. The number of pyridine rings is 1. The minimum absolute atomic E-state index is 0.00827. The summed E-state index contributed by atoms with van der Waals surface area (Å²) < 4.78 is 41.6. The second kappa shape index (κ2) is 7.43. The van der Waals surface area contributed by atoms with Gasteiger partial charge in [0.05, 0.1) is 12.1 Å². The summed E-state index contributed by atoms with van der Waals surface area (Å²) in [5.41, 5.74) is -0.675. The van der Waals surface area contributed by atoms with Crippen LogP contribution in [0.4, 0.5) is 19.0 Å². The normalized spacial score (nSPS) is 19.1. The molecular formula is C17H22F3N5. The molecule has 136 valence electrons. The van der Waals surface area contributed by atoms with E-state index in [1.807, 2.05) is 16.9 Å². The van der Waals surface area contributed by atoms with Crippen LogP contribution in [0.5, 0.6) is 0 Å². The van der Waals surface area contributed by atoms with Gasteiger partial charge in [-0.2, -0.15) is 18.3 Å². The molecule has 5 nitrogen and oxygen atoms in total. The topological polar surface area (TPSA) is 37.2 Å². The minimum atomic E-state index is -4.40. The second-order valence-corrected chi connectivity index (χ2v) is 6.35. The zero-order valence-electron chi connectivity index (χ0n) is 14.2. The molecule has 1 unspecified atom stereocenters. The average molecular weight is 353 g/mol. The smallest absolute Gasteiger partial charge is 0.355 e. The lowest BCUT2D eigenvalue weighted by molar-refractivity contribution is -0.137. The van der Waals surface area contributed by atoms with Crippen molar-refractivity contribution in [3.63, 3.8) is 0 Å². The fourth-order valence-corrected chi connectivity index (χ4v) is 3.30. The highest BCUT2D eigenvalue weighted by Crippen LogP contribution is 2.35. The van der Waals surface area contributed by atoms with Gasteiger partial charge in [-0.05, 0) is 37.6 Å². The van der Waals surface area contributed by atoms with Crippen LogP contribution in [0.1, 0.15) is 18.4 Å². The summed E-state index contributed by atoms with van der Waals surface area (Å²) in [4.78, 5) is 7.97. The van der Waals surface area contributed by atoms with E-state index in [9.17, 15) is 13.2 Å². The van der Waals surface area contributed by atoms with E-state index in [0.717, 1.165) is 45.1 Å². The lowest BCUT2D eigenvalue weighted by Crippen LogP contribution is -2.48. The van der Waals surface area contributed by atoms with Crippen LogP contribution in [0.25, 0.3) is 0 Å². The zero-order valence-corrected chi connectivity index (χ0v) is 14.2. The fourth-order valence-electron chi connectivity index (χ4n) is 3.30. The number of likely N-dealkylation sites (tertiary alicyclic amines) is 1. The molecule has 0 amide bonds. The average Bonchev–Trinajstić information content (AvgIpc) is 3.12. The lowest BCUT2D eigenvalue weighted by Gasteiger charge is -2.38. The Bertz CT molecular complexity index is 671. The van der Waals surface area contributed by atoms with Crippen molar-refractivity contribution < 1.29 is 13.2 Å². The number of hydrogen-bond acceptors (Lipinski definition) is 4. The molecule has 3 heterocycles. The first-order valence-electron chi connectivity index (χ1n) is 8.40. The summed E-state index contributed by atoms with van der Waals surface area (Å²) in [5.74, 6) is 0.00827. The maximum Gasteiger partial charge on any atom is 0.419 e. The first-order valence-corrected chi connectivity index (χ1v) is 8.40. The summed E-state index contributed by atoms with van der Waals surface area (Å²) in [6, 6.07) is 4.32. The van der Waals surface area contributed by atoms with Crippen LogP contribution >= 0.6 is 0 Å². The van der Waals surface area contributed by atoms with E-state index in [2.05, 4.69) is 15.0 Å². The van der Waals surface area contributed by atoms with E-state index in [-0.39, 0.29) is 11.9 Å². The Balaban J connectivity index is 1.67. The summed E-state index contributed by atoms with van der Waals surface area (Å²) in [5, 5.41) is 4.19. The van der Waals surface area contributed by atoms with Crippen LogP contribution < -0.4 is 4.90 Å². The molecule has 0 bridgehead atoms. The molecule has 0 radical (unpaired) electrons. The number of piperidine rings is 1. The Kier molecular flexibility index (Phi) is 5.27. The first-order chi connectivity index (χ1) is 11.9. The van der Waals surface area contributed by atoms with Crippen molar-refractivity contribution in [2.75, 3.05) is 31.6 Å². The highest BCUT2D eigenvalue weighted by molar-refractivity contribution is 5.48. The van der Waals surface area contributed by atoms with E-state index < -0.39 is 11.7 Å². The van der Waals surface area contributed by atoms with Gasteiger partial charge in [0.25, 0.3) is 0 Å².